The Morgan fingerprint density at radius 2 is 1.39 bits per heavy atom. The Balaban J connectivity index is 2.23. The van der Waals surface area contributed by atoms with Crippen LogP contribution in [0.2, 0.25) is 0 Å². The van der Waals surface area contributed by atoms with Gasteiger partial charge in [0.25, 0.3) is 0 Å². The summed E-state index contributed by atoms with van der Waals surface area (Å²) >= 11 is 0. The van der Waals surface area contributed by atoms with E-state index in [1.165, 1.54) is 38.5 Å². The Hall–Kier alpha value is -2.86. The van der Waals surface area contributed by atoms with E-state index in [0.29, 0.717) is 0 Å². The van der Waals surface area contributed by atoms with Gasteiger partial charge in [-0.25, -0.2) is 0 Å². The summed E-state index contributed by atoms with van der Waals surface area (Å²) in [5.74, 6) is -1.58. The van der Waals surface area contributed by atoms with Crippen molar-refractivity contribution in [3.05, 3.63) is 53.1 Å². The Morgan fingerprint density at radius 1 is 0.913 bits per heavy atom. The quantitative estimate of drug-likeness (QED) is 0.837. The van der Waals surface area contributed by atoms with Crippen molar-refractivity contribution in [3.63, 3.8) is 0 Å². The van der Waals surface area contributed by atoms with E-state index in [0.717, 1.165) is 0 Å². The highest BCUT2D eigenvalue weighted by atomic mass is 16.5. The van der Waals surface area contributed by atoms with E-state index in [9.17, 15) is 19.8 Å². The first-order valence-corrected chi connectivity index (χ1v) is 6.81. The number of rotatable bonds is 3. The summed E-state index contributed by atoms with van der Waals surface area (Å²) in [5, 5.41) is 21.0. The van der Waals surface area contributed by atoms with Crippen molar-refractivity contribution in [2.45, 2.75) is 5.60 Å². The third-order valence-electron chi connectivity index (χ3n) is 3.97. The van der Waals surface area contributed by atoms with Gasteiger partial charge in [0.05, 0.1) is 14.2 Å². The smallest absolute Gasteiger partial charge is 0.220 e. The van der Waals surface area contributed by atoms with Gasteiger partial charge < -0.3 is 19.7 Å². The number of fused-ring (bicyclic) bond motifs is 1. The molecule has 0 unspecified atom stereocenters. The van der Waals surface area contributed by atoms with Crippen LogP contribution in [0.4, 0.5) is 0 Å². The standard InChI is InChI=1S/C17H14O6/c1-22-13-7-11(12(18)8-14(13)23-2)17(21)15(19)9-5-3-4-6-10(9)16(17)20/h3-8,18,21H,1-2H3. The lowest BCUT2D eigenvalue weighted by Crippen LogP contribution is -2.38. The zero-order chi connectivity index (χ0) is 16.8. The van der Waals surface area contributed by atoms with E-state index in [1.807, 2.05) is 0 Å². The largest absolute Gasteiger partial charge is 0.507 e. The normalized spacial score (nSPS) is 15.4. The predicted octanol–water partition coefficient (Wildman–Crippen LogP) is 1.68. The second-order valence-electron chi connectivity index (χ2n) is 5.14. The number of aliphatic hydroxyl groups is 1. The molecule has 2 aromatic carbocycles. The van der Waals surface area contributed by atoms with Crippen molar-refractivity contribution in [1.82, 2.24) is 0 Å². The molecule has 0 atom stereocenters. The van der Waals surface area contributed by atoms with Crippen LogP contribution in [-0.4, -0.2) is 36.0 Å². The average Bonchev–Trinajstić information content (AvgIpc) is 2.77. The molecule has 6 nitrogen and oxygen atoms in total. The molecule has 0 bridgehead atoms. The van der Waals surface area contributed by atoms with Gasteiger partial charge >= 0.3 is 0 Å². The summed E-state index contributed by atoms with van der Waals surface area (Å²) in [5.41, 5.74) is -2.47. The monoisotopic (exact) mass is 314 g/mol. The van der Waals surface area contributed by atoms with E-state index in [-0.39, 0.29) is 28.2 Å². The molecule has 0 spiro atoms. The van der Waals surface area contributed by atoms with Crippen molar-refractivity contribution in [1.29, 1.82) is 0 Å². The fourth-order valence-electron chi connectivity index (χ4n) is 2.77. The van der Waals surface area contributed by atoms with Crippen LogP contribution in [0.1, 0.15) is 26.3 Å². The predicted molar refractivity (Wildman–Crippen MR) is 80.2 cm³/mol. The maximum atomic E-state index is 12.6. The number of phenolic OH excluding ortho intramolecular Hbond substituents is 1. The topological polar surface area (TPSA) is 93.1 Å². The minimum Gasteiger partial charge on any atom is -0.507 e. The number of hydrogen-bond acceptors (Lipinski definition) is 6. The molecule has 2 aromatic rings. The summed E-state index contributed by atoms with van der Waals surface area (Å²) in [6.45, 7) is 0. The van der Waals surface area contributed by atoms with Gasteiger partial charge in [-0.15, -0.1) is 0 Å². The van der Waals surface area contributed by atoms with Gasteiger partial charge in [0.1, 0.15) is 5.75 Å². The summed E-state index contributed by atoms with van der Waals surface area (Å²) < 4.78 is 10.2. The molecule has 0 heterocycles. The zero-order valence-corrected chi connectivity index (χ0v) is 12.5. The number of carbonyl (C=O) groups excluding carboxylic acids is 2. The third-order valence-corrected chi connectivity index (χ3v) is 3.97. The van der Waals surface area contributed by atoms with Gasteiger partial charge in [0.15, 0.2) is 11.5 Å². The fraction of sp³-hybridized carbons (Fsp3) is 0.176. The first-order chi connectivity index (χ1) is 10.9. The molecule has 118 valence electrons. The Bertz CT molecular complexity index is 789. The first kappa shape index (κ1) is 15.1. The molecule has 0 radical (unpaired) electrons. The number of ether oxygens (including phenoxy) is 2. The molecule has 0 amide bonds. The molecule has 6 heteroatoms. The molecule has 2 N–H and O–H groups in total. The lowest BCUT2D eigenvalue weighted by molar-refractivity contribution is 0.0311. The Morgan fingerprint density at radius 3 is 1.87 bits per heavy atom. The number of benzene rings is 2. The molecular weight excluding hydrogens is 300 g/mol. The number of methoxy groups -OCH3 is 2. The Kier molecular flexibility index (Phi) is 3.34. The van der Waals surface area contributed by atoms with E-state index < -0.39 is 22.9 Å². The van der Waals surface area contributed by atoms with E-state index >= 15 is 0 Å². The number of phenols is 1. The zero-order valence-electron chi connectivity index (χ0n) is 12.5. The van der Waals surface area contributed by atoms with Crippen LogP contribution < -0.4 is 9.47 Å². The molecule has 0 saturated carbocycles. The SMILES string of the molecule is COc1cc(O)c(C2(O)C(=O)c3ccccc3C2=O)cc1OC. The number of ketones is 2. The highest BCUT2D eigenvalue weighted by molar-refractivity contribution is 6.32. The lowest BCUT2D eigenvalue weighted by Gasteiger charge is -2.22. The van der Waals surface area contributed by atoms with Crippen LogP contribution >= 0.6 is 0 Å². The van der Waals surface area contributed by atoms with E-state index in [4.69, 9.17) is 9.47 Å². The van der Waals surface area contributed by atoms with Crippen molar-refractivity contribution < 1.29 is 29.3 Å². The number of carbonyl (C=O) groups is 2. The van der Waals surface area contributed by atoms with Gasteiger partial charge in [-0.05, 0) is 6.07 Å². The van der Waals surface area contributed by atoms with Crippen LogP contribution in [0.25, 0.3) is 0 Å². The molecule has 0 aromatic heterocycles. The second-order valence-corrected chi connectivity index (χ2v) is 5.14. The van der Waals surface area contributed by atoms with Crippen LogP contribution in [0.5, 0.6) is 17.2 Å². The van der Waals surface area contributed by atoms with Crippen LogP contribution in [0.3, 0.4) is 0 Å². The molecule has 1 aliphatic carbocycles. The Labute approximate surface area is 131 Å². The van der Waals surface area contributed by atoms with Crippen LogP contribution in [0.15, 0.2) is 36.4 Å². The van der Waals surface area contributed by atoms with E-state index in [1.54, 1.807) is 12.1 Å². The van der Waals surface area contributed by atoms with Crippen LogP contribution in [-0.2, 0) is 5.60 Å². The lowest BCUT2D eigenvalue weighted by atomic mass is 9.87. The molecule has 23 heavy (non-hydrogen) atoms. The summed E-state index contributed by atoms with van der Waals surface area (Å²) in [4.78, 5) is 25.2. The highest BCUT2D eigenvalue weighted by Gasteiger charge is 2.54. The molecule has 1 aliphatic rings. The van der Waals surface area contributed by atoms with Gasteiger partial charge in [0, 0.05) is 22.8 Å². The van der Waals surface area contributed by atoms with Gasteiger partial charge in [-0.2, -0.15) is 0 Å². The van der Waals surface area contributed by atoms with Crippen molar-refractivity contribution in [2.24, 2.45) is 0 Å². The van der Waals surface area contributed by atoms with Crippen molar-refractivity contribution >= 4 is 11.6 Å². The molecule has 3 rings (SSSR count). The minimum absolute atomic E-state index is 0.120. The van der Waals surface area contributed by atoms with Crippen molar-refractivity contribution in [3.8, 4) is 17.2 Å². The van der Waals surface area contributed by atoms with Gasteiger partial charge in [0.2, 0.25) is 17.2 Å². The molecule has 0 saturated heterocycles. The summed E-state index contributed by atoms with van der Waals surface area (Å²) in [6.07, 6.45) is 0. The maximum absolute atomic E-state index is 12.6. The summed E-state index contributed by atoms with van der Waals surface area (Å²) in [7, 11) is 2.75. The molecule has 0 aliphatic heterocycles. The average molecular weight is 314 g/mol. The minimum atomic E-state index is -2.48. The molecular formula is C17H14O6. The number of Topliss-reactive ketones (excluding diaryl/α,β-unsaturated/α-hetero) is 2. The maximum Gasteiger partial charge on any atom is 0.220 e. The van der Waals surface area contributed by atoms with Crippen molar-refractivity contribution in [2.75, 3.05) is 14.2 Å². The second kappa shape index (κ2) is 5.10. The van der Waals surface area contributed by atoms with E-state index in [2.05, 4.69) is 0 Å². The highest BCUT2D eigenvalue weighted by Crippen LogP contribution is 2.44. The number of hydrogen-bond donors (Lipinski definition) is 2. The number of aromatic hydroxyl groups is 1. The summed E-state index contributed by atoms with van der Waals surface area (Å²) in [6, 6.07) is 8.55. The van der Waals surface area contributed by atoms with Gasteiger partial charge in [-0.1, -0.05) is 24.3 Å². The fourth-order valence-corrected chi connectivity index (χ4v) is 2.77. The van der Waals surface area contributed by atoms with Gasteiger partial charge in [-0.3, -0.25) is 9.59 Å². The third kappa shape index (κ3) is 1.92. The van der Waals surface area contributed by atoms with Crippen LogP contribution in [0, 0.1) is 0 Å². The first-order valence-electron chi connectivity index (χ1n) is 6.81. The molecule has 0 fully saturated rings.